The summed E-state index contributed by atoms with van der Waals surface area (Å²) >= 11 is 0. The first-order valence-electron chi connectivity index (χ1n) is 9.83. The molecular weight excluding hydrogens is 334 g/mol. The van der Waals surface area contributed by atoms with Crippen molar-refractivity contribution in [2.75, 3.05) is 0 Å². The summed E-state index contributed by atoms with van der Waals surface area (Å²) in [6.07, 6.45) is 7.29. The van der Waals surface area contributed by atoms with Crippen LogP contribution >= 0.6 is 0 Å². The average molecular weight is 372 g/mol. The number of hydrogen-bond donors (Lipinski definition) is 3. The van der Waals surface area contributed by atoms with Crippen molar-refractivity contribution in [1.29, 1.82) is 0 Å². The van der Waals surface area contributed by atoms with E-state index in [1.54, 1.807) is 0 Å². The highest BCUT2D eigenvalue weighted by Gasteiger charge is 2.32. The molecule has 0 aliphatic rings. The number of imide groups is 1. The van der Waals surface area contributed by atoms with Gasteiger partial charge in [0.05, 0.1) is 0 Å². The van der Waals surface area contributed by atoms with Crippen LogP contribution in [-0.4, -0.2) is 45.9 Å². The fourth-order valence-corrected chi connectivity index (χ4v) is 2.84. The van der Waals surface area contributed by atoms with Crippen LogP contribution in [0, 0.1) is 0 Å². The van der Waals surface area contributed by atoms with E-state index in [-0.39, 0.29) is 24.9 Å². The molecular formula is C19H37N3O4. The molecule has 0 aromatic carbocycles. The standard InChI is InChI=1S/C19H37N3O4/c1-4-6-8-10-15(20)12-17(23)22(14(3)19(25)26)18(24)13-16(21)11-9-7-5-2/h14-16H,4-13,20-21H2,1-3H3,(H,25,26)/t14-,15-,16?/m0/s1. The smallest absolute Gasteiger partial charge is 0.326 e. The van der Waals surface area contributed by atoms with Gasteiger partial charge in [-0.2, -0.15) is 0 Å². The number of nitrogens with two attached hydrogens (primary N) is 2. The van der Waals surface area contributed by atoms with E-state index < -0.39 is 23.8 Å². The minimum atomic E-state index is -1.22. The molecule has 26 heavy (non-hydrogen) atoms. The van der Waals surface area contributed by atoms with E-state index in [1.807, 2.05) is 0 Å². The topological polar surface area (TPSA) is 127 Å². The van der Waals surface area contributed by atoms with Gasteiger partial charge in [-0.15, -0.1) is 0 Å². The lowest BCUT2D eigenvalue weighted by Gasteiger charge is -2.27. The zero-order chi connectivity index (χ0) is 20.1. The molecule has 0 aliphatic heterocycles. The first-order chi connectivity index (χ1) is 12.2. The van der Waals surface area contributed by atoms with Gasteiger partial charge in [-0.25, -0.2) is 4.79 Å². The number of unbranched alkanes of at least 4 members (excludes halogenated alkanes) is 4. The van der Waals surface area contributed by atoms with Crippen LogP contribution in [0.3, 0.4) is 0 Å². The molecule has 3 atom stereocenters. The van der Waals surface area contributed by atoms with Crippen LogP contribution in [0.2, 0.25) is 0 Å². The van der Waals surface area contributed by atoms with Gasteiger partial charge in [-0.05, 0) is 19.8 Å². The molecule has 0 aromatic heterocycles. The number of hydrogen-bond acceptors (Lipinski definition) is 5. The molecule has 0 heterocycles. The van der Waals surface area contributed by atoms with Gasteiger partial charge in [0.2, 0.25) is 11.8 Å². The Morgan fingerprint density at radius 3 is 1.54 bits per heavy atom. The molecule has 7 heteroatoms. The zero-order valence-corrected chi connectivity index (χ0v) is 16.6. The number of amides is 2. The number of nitrogens with zero attached hydrogens (tertiary/aromatic N) is 1. The second-order valence-corrected chi connectivity index (χ2v) is 7.09. The number of aliphatic carboxylic acids is 1. The summed E-state index contributed by atoms with van der Waals surface area (Å²) in [4.78, 5) is 37.2. The van der Waals surface area contributed by atoms with E-state index >= 15 is 0 Å². The molecule has 0 aromatic rings. The van der Waals surface area contributed by atoms with Gasteiger partial charge in [0, 0.05) is 24.9 Å². The van der Waals surface area contributed by atoms with E-state index in [0.29, 0.717) is 12.8 Å². The van der Waals surface area contributed by atoms with Gasteiger partial charge in [-0.1, -0.05) is 52.4 Å². The predicted octanol–water partition coefficient (Wildman–Crippen LogP) is 2.41. The van der Waals surface area contributed by atoms with Crippen molar-refractivity contribution < 1.29 is 19.5 Å². The number of carboxylic acids is 1. The van der Waals surface area contributed by atoms with Crippen molar-refractivity contribution in [2.45, 2.75) is 103 Å². The van der Waals surface area contributed by atoms with E-state index in [9.17, 15) is 19.5 Å². The molecule has 0 bridgehead atoms. The van der Waals surface area contributed by atoms with E-state index in [0.717, 1.165) is 43.4 Å². The van der Waals surface area contributed by atoms with E-state index in [1.165, 1.54) is 6.92 Å². The second kappa shape index (κ2) is 13.7. The summed E-state index contributed by atoms with van der Waals surface area (Å²) in [5, 5.41) is 9.26. The minimum Gasteiger partial charge on any atom is -0.480 e. The van der Waals surface area contributed by atoms with Gasteiger partial charge in [0.25, 0.3) is 0 Å². The number of carboxylic acid groups (broad SMARTS) is 1. The molecule has 1 unspecified atom stereocenters. The third-order valence-electron chi connectivity index (χ3n) is 4.51. The van der Waals surface area contributed by atoms with Crippen molar-refractivity contribution >= 4 is 17.8 Å². The molecule has 0 fully saturated rings. The van der Waals surface area contributed by atoms with Crippen molar-refractivity contribution in [1.82, 2.24) is 4.90 Å². The van der Waals surface area contributed by atoms with Crippen LogP contribution in [-0.2, 0) is 14.4 Å². The van der Waals surface area contributed by atoms with Gasteiger partial charge in [-0.3, -0.25) is 14.5 Å². The number of carbonyl (C=O) groups is 3. The van der Waals surface area contributed by atoms with Crippen molar-refractivity contribution in [3.8, 4) is 0 Å². The normalized spacial score (nSPS) is 14.5. The first kappa shape index (κ1) is 24.5. The highest BCUT2D eigenvalue weighted by atomic mass is 16.4. The molecule has 5 N–H and O–H groups in total. The maximum atomic E-state index is 12.5. The fraction of sp³-hybridized carbons (Fsp3) is 0.842. The highest BCUT2D eigenvalue weighted by molar-refractivity contribution is 5.99. The summed E-state index contributed by atoms with van der Waals surface area (Å²) in [6, 6.07) is -1.96. The Morgan fingerprint density at radius 2 is 1.23 bits per heavy atom. The third-order valence-corrected chi connectivity index (χ3v) is 4.51. The Hall–Kier alpha value is -1.47. The van der Waals surface area contributed by atoms with Crippen molar-refractivity contribution in [2.24, 2.45) is 11.5 Å². The molecule has 0 radical (unpaired) electrons. The van der Waals surface area contributed by atoms with Gasteiger partial charge >= 0.3 is 5.97 Å². The quantitative estimate of drug-likeness (QED) is 0.402. The van der Waals surface area contributed by atoms with E-state index in [2.05, 4.69) is 13.8 Å². The molecule has 7 nitrogen and oxygen atoms in total. The molecule has 0 spiro atoms. The number of carbonyl (C=O) groups excluding carboxylic acids is 2. The van der Waals surface area contributed by atoms with Gasteiger partial charge in [0.1, 0.15) is 6.04 Å². The maximum Gasteiger partial charge on any atom is 0.326 e. The predicted molar refractivity (Wildman–Crippen MR) is 102 cm³/mol. The SMILES string of the molecule is CCCCCC(N)CC(=O)N(C(=O)C[C@@H](N)CCCCC)[C@@H](C)C(=O)O. The van der Waals surface area contributed by atoms with Crippen molar-refractivity contribution in [3.05, 3.63) is 0 Å². The number of rotatable bonds is 14. The molecule has 0 rings (SSSR count). The Labute approximate surface area is 157 Å². The molecule has 0 saturated carbocycles. The molecule has 152 valence electrons. The maximum absolute atomic E-state index is 12.5. The van der Waals surface area contributed by atoms with Crippen LogP contribution in [0.1, 0.15) is 85.0 Å². The average Bonchev–Trinajstić information content (AvgIpc) is 2.55. The van der Waals surface area contributed by atoms with Crippen LogP contribution in [0.4, 0.5) is 0 Å². The highest BCUT2D eigenvalue weighted by Crippen LogP contribution is 2.13. The minimum absolute atomic E-state index is 0.0296. The summed E-state index contributed by atoms with van der Waals surface area (Å²) in [7, 11) is 0. The van der Waals surface area contributed by atoms with Gasteiger partial charge in [0.15, 0.2) is 0 Å². The molecule has 0 saturated heterocycles. The Kier molecular flexibility index (Phi) is 12.9. The Morgan fingerprint density at radius 1 is 0.846 bits per heavy atom. The Bertz CT molecular complexity index is 413. The van der Waals surface area contributed by atoms with Crippen LogP contribution in [0.5, 0.6) is 0 Å². The van der Waals surface area contributed by atoms with Crippen LogP contribution < -0.4 is 11.5 Å². The monoisotopic (exact) mass is 371 g/mol. The summed E-state index contributed by atoms with van der Waals surface area (Å²) in [5.41, 5.74) is 12.0. The second-order valence-electron chi connectivity index (χ2n) is 7.09. The van der Waals surface area contributed by atoms with Crippen LogP contribution in [0.15, 0.2) is 0 Å². The lowest BCUT2D eigenvalue weighted by atomic mass is 10.0. The zero-order valence-electron chi connectivity index (χ0n) is 16.6. The first-order valence-corrected chi connectivity index (χ1v) is 9.83. The largest absolute Gasteiger partial charge is 0.480 e. The molecule has 0 aliphatic carbocycles. The molecule has 2 amide bonds. The summed E-state index contributed by atoms with van der Waals surface area (Å²) in [5.74, 6) is -2.28. The Balaban J connectivity index is 4.85. The van der Waals surface area contributed by atoms with Crippen LogP contribution in [0.25, 0.3) is 0 Å². The van der Waals surface area contributed by atoms with E-state index in [4.69, 9.17) is 11.5 Å². The summed E-state index contributed by atoms with van der Waals surface area (Å²) in [6.45, 7) is 5.49. The van der Waals surface area contributed by atoms with Crippen molar-refractivity contribution in [3.63, 3.8) is 0 Å². The van der Waals surface area contributed by atoms with Gasteiger partial charge < -0.3 is 16.6 Å². The fourth-order valence-electron chi connectivity index (χ4n) is 2.84. The third kappa shape index (κ3) is 9.87. The lowest BCUT2D eigenvalue weighted by Crippen LogP contribution is -2.49. The summed E-state index contributed by atoms with van der Waals surface area (Å²) < 4.78 is 0. The lowest BCUT2D eigenvalue weighted by molar-refractivity contribution is -0.157.